The van der Waals surface area contributed by atoms with Crippen molar-refractivity contribution in [3.05, 3.63) is 29.8 Å². The summed E-state index contributed by atoms with van der Waals surface area (Å²) in [6, 6.07) is 2.56. The van der Waals surface area contributed by atoms with Crippen LogP contribution < -0.4 is 5.32 Å². The first-order valence-corrected chi connectivity index (χ1v) is 8.25. The number of nitrogens with one attached hydrogen (secondary N) is 1. The second-order valence-electron chi connectivity index (χ2n) is 5.07. The van der Waals surface area contributed by atoms with Crippen molar-refractivity contribution < 1.29 is 22.0 Å². The number of amides is 1. The minimum atomic E-state index is -3.07. The van der Waals surface area contributed by atoms with Crippen molar-refractivity contribution in [1.29, 1.82) is 0 Å². The van der Waals surface area contributed by atoms with Gasteiger partial charge in [0.05, 0.1) is 18.1 Å². The van der Waals surface area contributed by atoms with Gasteiger partial charge in [-0.05, 0) is 18.6 Å². The maximum Gasteiger partial charge on any atom is 0.241 e. The molecular formula is C13H16F2N2O3S. The molecular weight excluding hydrogens is 302 g/mol. The highest BCUT2D eigenvalue weighted by atomic mass is 32.2. The zero-order chi connectivity index (χ0) is 15.6. The molecule has 1 atom stereocenters. The minimum Gasteiger partial charge on any atom is -0.376 e. The van der Waals surface area contributed by atoms with E-state index in [4.69, 9.17) is 0 Å². The van der Waals surface area contributed by atoms with Crippen LogP contribution in [0.4, 0.5) is 14.5 Å². The van der Waals surface area contributed by atoms with E-state index in [0.717, 1.165) is 18.2 Å². The van der Waals surface area contributed by atoms with Crippen LogP contribution in [0.5, 0.6) is 0 Å². The van der Waals surface area contributed by atoms with E-state index in [9.17, 15) is 22.0 Å². The molecule has 1 heterocycles. The highest BCUT2D eigenvalue weighted by Crippen LogP contribution is 2.17. The summed E-state index contributed by atoms with van der Waals surface area (Å²) in [5.74, 6) is -1.76. The Labute approximate surface area is 121 Å². The number of carbonyl (C=O) groups excluding carboxylic acids is 1. The van der Waals surface area contributed by atoms with Gasteiger partial charge >= 0.3 is 0 Å². The number of benzene rings is 1. The summed E-state index contributed by atoms with van der Waals surface area (Å²) >= 11 is 0. The van der Waals surface area contributed by atoms with Gasteiger partial charge in [0.2, 0.25) is 5.91 Å². The largest absolute Gasteiger partial charge is 0.376 e. The van der Waals surface area contributed by atoms with E-state index in [-0.39, 0.29) is 35.7 Å². The molecule has 116 valence electrons. The van der Waals surface area contributed by atoms with E-state index in [1.54, 1.807) is 0 Å². The Balaban J connectivity index is 1.92. The summed E-state index contributed by atoms with van der Waals surface area (Å²) < 4.78 is 48.8. The molecule has 1 aromatic rings. The van der Waals surface area contributed by atoms with Gasteiger partial charge < -0.3 is 10.2 Å². The fourth-order valence-electron chi connectivity index (χ4n) is 2.24. The third kappa shape index (κ3) is 4.13. The number of sulfone groups is 1. The third-order valence-electron chi connectivity index (χ3n) is 3.46. The predicted molar refractivity (Wildman–Crippen MR) is 74.7 cm³/mol. The smallest absolute Gasteiger partial charge is 0.241 e. The molecule has 0 spiro atoms. The number of anilines is 1. The van der Waals surface area contributed by atoms with Crippen LogP contribution in [0.25, 0.3) is 0 Å². The van der Waals surface area contributed by atoms with Crippen LogP contribution in [-0.2, 0) is 14.6 Å². The summed E-state index contributed by atoms with van der Waals surface area (Å²) in [4.78, 5) is 13.3. The molecule has 1 fully saturated rings. The van der Waals surface area contributed by atoms with Gasteiger partial charge in [0, 0.05) is 24.8 Å². The Morgan fingerprint density at radius 1 is 1.33 bits per heavy atom. The lowest BCUT2D eigenvalue weighted by Crippen LogP contribution is -2.40. The molecule has 5 nitrogen and oxygen atoms in total. The van der Waals surface area contributed by atoms with Gasteiger partial charge in [-0.2, -0.15) is 0 Å². The maximum atomic E-state index is 13.0. The molecule has 1 amide bonds. The minimum absolute atomic E-state index is 0.0379. The van der Waals surface area contributed by atoms with E-state index in [2.05, 4.69) is 5.32 Å². The van der Waals surface area contributed by atoms with Crippen LogP contribution >= 0.6 is 0 Å². The molecule has 21 heavy (non-hydrogen) atoms. The third-order valence-corrected chi connectivity index (χ3v) is 5.21. The molecule has 1 unspecified atom stereocenters. The lowest BCUT2D eigenvalue weighted by molar-refractivity contribution is -0.129. The Bertz CT molecular complexity index is 629. The van der Waals surface area contributed by atoms with E-state index >= 15 is 0 Å². The van der Waals surface area contributed by atoms with Crippen molar-refractivity contribution in [2.45, 2.75) is 12.5 Å². The van der Waals surface area contributed by atoms with Crippen LogP contribution in [-0.4, -0.2) is 50.4 Å². The molecule has 0 saturated carbocycles. The number of halogens is 2. The van der Waals surface area contributed by atoms with Crippen LogP contribution in [0.15, 0.2) is 18.2 Å². The maximum absolute atomic E-state index is 13.0. The standard InChI is InChI=1S/C13H16F2N2O3S/c1-17(12-2-3-21(19,20)8-12)13(18)7-16-11-5-9(14)4-10(15)6-11/h4-6,12,16H,2-3,7-8H2,1H3. The number of hydrogen-bond acceptors (Lipinski definition) is 4. The molecule has 1 saturated heterocycles. The van der Waals surface area contributed by atoms with Crippen molar-refractivity contribution in [1.82, 2.24) is 4.90 Å². The second-order valence-corrected chi connectivity index (χ2v) is 7.30. The Morgan fingerprint density at radius 3 is 2.48 bits per heavy atom. The molecule has 0 radical (unpaired) electrons. The van der Waals surface area contributed by atoms with Gasteiger partial charge in [0.1, 0.15) is 11.6 Å². The van der Waals surface area contributed by atoms with Crippen molar-refractivity contribution in [2.75, 3.05) is 30.4 Å². The number of likely N-dealkylation sites (N-methyl/N-ethyl adjacent to an activating group) is 1. The summed E-state index contributed by atoms with van der Waals surface area (Å²) in [5, 5.41) is 2.63. The molecule has 8 heteroatoms. The zero-order valence-corrected chi connectivity index (χ0v) is 12.3. The summed E-state index contributed by atoms with van der Waals surface area (Å²) in [6.45, 7) is -0.157. The van der Waals surface area contributed by atoms with E-state index in [1.807, 2.05) is 0 Å². The monoisotopic (exact) mass is 318 g/mol. The molecule has 0 bridgehead atoms. The molecule has 2 rings (SSSR count). The molecule has 1 aliphatic heterocycles. The number of carbonyl (C=O) groups is 1. The highest BCUT2D eigenvalue weighted by molar-refractivity contribution is 7.91. The van der Waals surface area contributed by atoms with Gasteiger partial charge in [-0.15, -0.1) is 0 Å². The van der Waals surface area contributed by atoms with Gasteiger partial charge in [-0.25, -0.2) is 17.2 Å². The van der Waals surface area contributed by atoms with E-state index < -0.39 is 21.5 Å². The Kier molecular flexibility index (Phi) is 4.46. The van der Waals surface area contributed by atoms with Crippen LogP contribution in [0, 0.1) is 11.6 Å². The molecule has 0 aromatic heterocycles. The first kappa shape index (κ1) is 15.7. The normalized spacial score (nSPS) is 20.2. The predicted octanol–water partition coefficient (Wildman–Crippen LogP) is 1.02. The van der Waals surface area contributed by atoms with Crippen molar-refractivity contribution in [2.24, 2.45) is 0 Å². The van der Waals surface area contributed by atoms with Gasteiger partial charge in [0.25, 0.3) is 0 Å². The quantitative estimate of drug-likeness (QED) is 0.900. The first-order chi connectivity index (χ1) is 9.77. The first-order valence-electron chi connectivity index (χ1n) is 6.43. The fraction of sp³-hybridized carbons (Fsp3) is 0.462. The van der Waals surface area contributed by atoms with Gasteiger partial charge in [0.15, 0.2) is 9.84 Å². The lowest BCUT2D eigenvalue weighted by atomic mass is 10.2. The van der Waals surface area contributed by atoms with Crippen molar-refractivity contribution in [3.8, 4) is 0 Å². The van der Waals surface area contributed by atoms with E-state index in [0.29, 0.717) is 6.42 Å². The topological polar surface area (TPSA) is 66.5 Å². The van der Waals surface area contributed by atoms with Gasteiger partial charge in [-0.1, -0.05) is 0 Å². The Morgan fingerprint density at radius 2 is 1.95 bits per heavy atom. The summed E-state index contributed by atoms with van der Waals surface area (Å²) in [5.41, 5.74) is 0.160. The highest BCUT2D eigenvalue weighted by Gasteiger charge is 2.32. The summed E-state index contributed by atoms with van der Waals surface area (Å²) in [7, 11) is -1.54. The molecule has 1 aromatic carbocycles. The number of nitrogens with zero attached hydrogens (tertiary/aromatic N) is 1. The molecule has 1 N–H and O–H groups in total. The Hall–Kier alpha value is -1.70. The van der Waals surface area contributed by atoms with Crippen LogP contribution in [0.3, 0.4) is 0 Å². The fourth-order valence-corrected chi connectivity index (χ4v) is 4.02. The van der Waals surface area contributed by atoms with Crippen LogP contribution in [0.2, 0.25) is 0 Å². The lowest BCUT2D eigenvalue weighted by Gasteiger charge is -2.23. The number of hydrogen-bond donors (Lipinski definition) is 1. The molecule has 0 aliphatic carbocycles. The molecule has 1 aliphatic rings. The SMILES string of the molecule is CN(C(=O)CNc1cc(F)cc(F)c1)C1CCS(=O)(=O)C1. The van der Waals surface area contributed by atoms with Gasteiger partial charge in [-0.3, -0.25) is 4.79 Å². The zero-order valence-electron chi connectivity index (χ0n) is 11.5. The number of rotatable bonds is 4. The summed E-state index contributed by atoms with van der Waals surface area (Å²) in [6.07, 6.45) is 0.416. The van der Waals surface area contributed by atoms with Crippen LogP contribution in [0.1, 0.15) is 6.42 Å². The second kappa shape index (κ2) is 5.97. The average molecular weight is 318 g/mol. The van der Waals surface area contributed by atoms with Crippen molar-refractivity contribution in [3.63, 3.8) is 0 Å². The average Bonchev–Trinajstić information content (AvgIpc) is 2.74. The van der Waals surface area contributed by atoms with Crippen molar-refractivity contribution >= 4 is 21.4 Å². The van der Waals surface area contributed by atoms with E-state index in [1.165, 1.54) is 11.9 Å².